The van der Waals surface area contributed by atoms with Crippen LogP contribution in [0.4, 0.5) is 63.6 Å². The summed E-state index contributed by atoms with van der Waals surface area (Å²) in [5.41, 5.74) is 0.831. The van der Waals surface area contributed by atoms with Crippen LogP contribution in [0, 0.1) is 0 Å². The fourth-order valence-electron chi connectivity index (χ4n) is 5.63. The van der Waals surface area contributed by atoms with E-state index in [1.807, 2.05) is 0 Å². The van der Waals surface area contributed by atoms with E-state index in [0.717, 1.165) is 36.4 Å². The van der Waals surface area contributed by atoms with Gasteiger partial charge in [0.25, 0.3) is 0 Å². The predicted octanol–water partition coefficient (Wildman–Crippen LogP) is -9.44. The third kappa shape index (κ3) is 16.6. The molecule has 0 aliphatic heterocycles. The summed E-state index contributed by atoms with van der Waals surface area (Å²) >= 11 is 11.9. The molecule has 2 heterocycles. The number of phenols is 1. The second-order valence-corrected chi connectivity index (χ2v) is 19.0. The number of aromatic hydroxyl groups is 1. The molecule has 0 amide bonds. The summed E-state index contributed by atoms with van der Waals surface area (Å²) in [5, 5.41) is 52.4. The number of phenolic OH excluding ortho intramolecular Hbond substituents is 1. The summed E-state index contributed by atoms with van der Waals surface area (Å²) in [4.78, 5) is 18.3. The summed E-state index contributed by atoms with van der Waals surface area (Å²) in [7, 11) is -22.3. The van der Waals surface area contributed by atoms with Crippen molar-refractivity contribution in [3.63, 3.8) is 0 Å². The number of aliphatic hydroxyl groups is 2. The minimum absolute atomic E-state index is 0. The van der Waals surface area contributed by atoms with Crippen LogP contribution in [-0.4, -0.2) is 123 Å². The molecule has 30 nitrogen and oxygen atoms in total. The van der Waals surface area contributed by atoms with E-state index in [0.29, 0.717) is 12.1 Å². The van der Waals surface area contributed by atoms with Gasteiger partial charge in [-0.15, -0.1) is 20.5 Å². The fraction of sp³-hybridized carbons (Fsp3) is 0.125. The Labute approximate surface area is 505 Å². The Hall–Kier alpha value is -2.70. The monoisotopic (exact) mass is 1150 g/mol. The number of aromatic nitrogens is 6. The molecule has 0 atom stereocenters. The van der Waals surface area contributed by atoms with E-state index in [1.165, 1.54) is 0 Å². The molecule has 6 rings (SSSR count). The zero-order chi connectivity index (χ0) is 49.9. The smallest absolute Gasteiger partial charge is 0.744 e. The van der Waals surface area contributed by atoms with Gasteiger partial charge < -0.3 is 60.5 Å². The molecule has 0 bridgehead atoms. The van der Waals surface area contributed by atoms with Gasteiger partial charge in [-0.25, -0.2) is 33.7 Å². The largest absolute Gasteiger partial charge is 1.00 e. The maximum absolute atomic E-state index is 12.6. The topological polar surface area (TPSA) is 490 Å². The van der Waals surface area contributed by atoms with E-state index in [2.05, 4.69) is 71.6 Å². The van der Waals surface area contributed by atoms with Gasteiger partial charge >= 0.3 is 118 Å². The summed E-state index contributed by atoms with van der Waals surface area (Å²) < 4.78 is 149. The number of fused-ring (bicyclic) bond motifs is 1. The van der Waals surface area contributed by atoms with Crippen molar-refractivity contribution in [2.45, 2.75) is 19.6 Å². The van der Waals surface area contributed by atoms with Gasteiger partial charge in [-0.05, 0) is 77.1 Å². The van der Waals surface area contributed by atoms with Gasteiger partial charge in [-0.2, -0.15) is 29.9 Å². The second-order valence-electron chi connectivity index (χ2n) is 12.9. The Morgan fingerprint density at radius 3 is 1.26 bits per heavy atom. The first-order valence-corrected chi connectivity index (χ1v) is 24.3. The molecule has 9 N–H and O–H groups in total. The maximum Gasteiger partial charge on any atom is 1.00 e. The number of hydrogen-bond acceptors (Lipinski definition) is 30. The number of nitrogens with zero attached hydrogens (tertiary/aromatic N) is 10. The van der Waals surface area contributed by atoms with Crippen LogP contribution in [0.3, 0.4) is 0 Å². The average molecular weight is 1150 g/mol. The average Bonchev–Trinajstić information content (AvgIpc) is 3.22. The molecule has 0 aliphatic rings. The summed E-state index contributed by atoms with van der Waals surface area (Å²) in [6.45, 7) is -0.647. The van der Waals surface area contributed by atoms with Crippen molar-refractivity contribution < 1.29 is 185 Å². The molecule has 2 aromatic heterocycles. The van der Waals surface area contributed by atoms with Crippen LogP contribution >= 0.6 is 23.2 Å². The van der Waals surface area contributed by atoms with Gasteiger partial charge in [0.05, 0.1) is 43.9 Å². The number of azo groups is 2. The number of halogens is 2. The van der Waals surface area contributed by atoms with E-state index in [4.69, 9.17) is 39.1 Å². The second kappa shape index (κ2) is 26.9. The van der Waals surface area contributed by atoms with Crippen molar-refractivity contribution in [2.75, 3.05) is 53.3 Å². The quantitative estimate of drug-likeness (QED) is 0.0171. The van der Waals surface area contributed by atoms with Gasteiger partial charge in [-0.1, -0.05) is 0 Å². The number of hydrogen-bond donors (Lipinski definition) is 8. The number of nitrogens with one attached hydrogen (secondary N) is 4. The molecular formula is C32H25Cl2N15Na4O15S4. The van der Waals surface area contributed by atoms with Crippen LogP contribution in [0.5, 0.6) is 5.75 Å². The Morgan fingerprint density at radius 2 is 0.889 bits per heavy atom. The van der Waals surface area contributed by atoms with E-state index in [1.54, 1.807) is 0 Å². The Bertz CT molecular complexity index is 3320. The SMILES string of the molecule is Nc1c(N=Nc2cc(Nc3nc(Cl)nc(NCCO)n3)ccc2S(=O)(=O)[O-])c(S(=O)(=O)[O-])cc2cc(S(=O)(=O)[O-])c(N=Nc3cc(Nc4nc(Cl)nc(NCCO)n4)ccc3S(=O)(=O)[O-])c(O)c12.[Na+].[Na+].[Na+].[Na+]. The van der Waals surface area contributed by atoms with Gasteiger partial charge in [0.2, 0.25) is 34.4 Å². The van der Waals surface area contributed by atoms with Gasteiger partial charge in [0.15, 0.2) is 5.75 Å². The Balaban J connectivity index is 0.00000444. The predicted molar refractivity (Wildman–Crippen MR) is 231 cm³/mol. The molecule has 0 saturated heterocycles. The number of anilines is 7. The molecule has 72 heavy (non-hydrogen) atoms. The van der Waals surface area contributed by atoms with Crippen LogP contribution in [0.15, 0.2) is 88.6 Å². The van der Waals surface area contributed by atoms with Gasteiger partial charge in [0.1, 0.15) is 63.2 Å². The van der Waals surface area contributed by atoms with Crippen molar-refractivity contribution in [1.29, 1.82) is 0 Å². The first-order valence-electron chi connectivity index (χ1n) is 17.9. The Morgan fingerprint density at radius 1 is 0.528 bits per heavy atom. The summed E-state index contributed by atoms with van der Waals surface area (Å²) in [6, 6.07) is 6.06. The molecule has 40 heteroatoms. The van der Waals surface area contributed by atoms with Crippen molar-refractivity contribution in [3.05, 3.63) is 59.1 Å². The van der Waals surface area contributed by atoms with E-state index in [9.17, 15) is 57.0 Å². The van der Waals surface area contributed by atoms with E-state index in [-0.39, 0.29) is 190 Å². The first-order chi connectivity index (χ1) is 31.8. The molecule has 0 fully saturated rings. The third-order valence-electron chi connectivity index (χ3n) is 8.34. The molecular weight excluding hydrogens is 1130 g/mol. The zero-order valence-electron chi connectivity index (χ0n) is 37.1. The van der Waals surface area contributed by atoms with Gasteiger partial charge in [0, 0.05) is 24.5 Å². The van der Waals surface area contributed by atoms with Crippen LogP contribution in [0.25, 0.3) is 10.8 Å². The summed E-state index contributed by atoms with van der Waals surface area (Å²) in [6.07, 6.45) is 0. The number of nitrogens with two attached hydrogens (primary N) is 1. The van der Waals surface area contributed by atoms with Crippen molar-refractivity contribution in [2.24, 2.45) is 20.5 Å². The van der Waals surface area contributed by atoms with Crippen LogP contribution in [0.1, 0.15) is 0 Å². The van der Waals surface area contributed by atoms with Crippen LogP contribution in [0.2, 0.25) is 10.6 Å². The molecule has 6 aromatic rings. The fourth-order valence-corrected chi connectivity index (χ4v) is 8.44. The van der Waals surface area contributed by atoms with Crippen molar-refractivity contribution >= 4 is 138 Å². The van der Waals surface area contributed by atoms with E-state index >= 15 is 0 Å². The number of nitrogen functional groups attached to an aromatic ring is 1. The molecule has 0 unspecified atom stereocenters. The molecule has 360 valence electrons. The van der Waals surface area contributed by atoms with Crippen molar-refractivity contribution in [3.8, 4) is 5.75 Å². The maximum atomic E-state index is 12.6. The normalized spacial score (nSPS) is 11.8. The molecule has 0 aliphatic carbocycles. The third-order valence-corrected chi connectivity index (χ3v) is 12.1. The van der Waals surface area contributed by atoms with Gasteiger partial charge in [-0.3, -0.25) is 0 Å². The van der Waals surface area contributed by atoms with E-state index < -0.39 is 105 Å². The first kappa shape index (κ1) is 65.4. The minimum Gasteiger partial charge on any atom is -0.744 e. The summed E-state index contributed by atoms with van der Waals surface area (Å²) in [5.74, 6) is -2.17. The molecule has 0 saturated carbocycles. The molecule has 4 aromatic carbocycles. The van der Waals surface area contributed by atoms with Crippen molar-refractivity contribution in [1.82, 2.24) is 29.9 Å². The number of benzene rings is 4. The Kier molecular flexibility index (Phi) is 24.4. The minimum atomic E-state index is -5.78. The van der Waals surface area contributed by atoms with Crippen LogP contribution < -0.4 is 145 Å². The molecule has 0 radical (unpaired) electrons. The number of aliphatic hydroxyl groups excluding tert-OH is 2. The molecule has 0 spiro atoms. The standard InChI is InChI=1S/C32H29Cl2N15O15S4.4Na/c33-27-40-29(36-5-7-50)44-31(42-27)38-14-1-3-18(65(53,54)55)16(11-14)46-48-24-20(67(59,60)61)9-13-10-21(68(62,63)64)25(26(52)22(13)23(24)35)49-47-17-12-15(2-4-19(17)66(56,57)58)39-32-43-28(34)41-30(45-32)37-6-8-51;;;;/h1-4,9-12,50-52H,5-8,35H2,(H,53,54,55)(H,56,57,58)(H,59,60,61)(H,62,63,64)(H2,36,38,40,42,44)(H2,37,39,41,43,45);;;;/q;4*+1/p-4. The van der Waals surface area contributed by atoms with Crippen LogP contribution in [-0.2, 0) is 40.5 Å². The zero-order valence-corrected chi connectivity index (χ0v) is 49.9. The number of rotatable bonds is 18.